The van der Waals surface area contributed by atoms with Crippen LogP contribution in [0.1, 0.15) is 18.1 Å². The summed E-state index contributed by atoms with van der Waals surface area (Å²) < 4.78 is 4.68. The molecule has 0 aliphatic heterocycles. The van der Waals surface area contributed by atoms with Crippen LogP contribution in [0.4, 0.5) is 5.69 Å². The van der Waals surface area contributed by atoms with Crippen molar-refractivity contribution < 1.29 is 29.8 Å². The molecule has 0 aromatic carbocycles. The molecule has 0 bridgehead atoms. The van der Waals surface area contributed by atoms with Gasteiger partial charge in [-0.1, -0.05) is 0 Å². The van der Waals surface area contributed by atoms with Gasteiger partial charge in [0, 0.05) is 17.8 Å². The fraction of sp³-hybridized carbons (Fsp3) is 0.400. The molecule has 0 spiro atoms. The van der Waals surface area contributed by atoms with Crippen LogP contribution in [0.5, 0.6) is 5.88 Å². The third-order valence-electron chi connectivity index (χ3n) is 2.33. The Balaban J connectivity index is 3.04. The number of rotatable bonds is 6. The van der Waals surface area contributed by atoms with Crippen molar-refractivity contribution in [3.8, 4) is 5.88 Å². The average Bonchev–Trinajstić information content (AvgIpc) is 2.36. The van der Waals surface area contributed by atoms with Crippen LogP contribution < -0.4 is 4.74 Å². The number of aliphatic hydroxyl groups is 2. The molecule has 1 aromatic rings. The van der Waals surface area contributed by atoms with Crippen molar-refractivity contribution in [2.75, 3.05) is 7.11 Å². The Morgan fingerprint density at radius 3 is 2.68 bits per heavy atom. The van der Waals surface area contributed by atoms with E-state index < -0.39 is 35.2 Å². The Bertz CT molecular complexity index is 491. The Morgan fingerprint density at radius 1 is 1.58 bits per heavy atom. The van der Waals surface area contributed by atoms with Crippen molar-refractivity contribution in [2.24, 2.45) is 0 Å². The molecule has 0 radical (unpaired) electrons. The third kappa shape index (κ3) is 3.60. The number of aromatic nitrogens is 1. The van der Waals surface area contributed by atoms with Crippen LogP contribution >= 0.6 is 0 Å². The molecule has 2 atom stereocenters. The monoisotopic (exact) mass is 272 g/mol. The number of carboxylic acid groups (broad SMARTS) is 1. The highest BCUT2D eigenvalue weighted by Gasteiger charge is 2.25. The number of ether oxygens (including phenoxy) is 1. The number of hydrogen-bond acceptors (Lipinski definition) is 7. The van der Waals surface area contributed by atoms with Gasteiger partial charge in [-0.2, -0.15) is 0 Å². The summed E-state index contributed by atoms with van der Waals surface area (Å²) in [6.45, 7) is 0. The summed E-state index contributed by atoms with van der Waals surface area (Å²) >= 11 is 0. The Labute approximate surface area is 107 Å². The smallest absolute Gasteiger partial charge is 0.331 e. The van der Waals surface area contributed by atoms with Crippen molar-refractivity contribution in [3.63, 3.8) is 0 Å². The molecule has 0 fully saturated rings. The average molecular weight is 272 g/mol. The summed E-state index contributed by atoms with van der Waals surface area (Å²) in [5.74, 6) is -1.55. The fourth-order valence-electron chi connectivity index (χ4n) is 1.42. The van der Waals surface area contributed by atoms with Crippen molar-refractivity contribution in [2.45, 2.75) is 18.6 Å². The van der Waals surface area contributed by atoms with E-state index in [2.05, 4.69) is 9.72 Å². The molecule has 0 saturated carbocycles. The van der Waals surface area contributed by atoms with Crippen molar-refractivity contribution in [1.82, 2.24) is 4.98 Å². The quantitative estimate of drug-likeness (QED) is 0.479. The van der Waals surface area contributed by atoms with Crippen LogP contribution in [0.15, 0.2) is 12.3 Å². The first-order valence-electron chi connectivity index (χ1n) is 5.13. The van der Waals surface area contributed by atoms with Gasteiger partial charge in [-0.05, 0) is 0 Å². The maximum absolute atomic E-state index is 10.8. The second-order valence-electron chi connectivity index (χ2n) is 3.66. The lowest BCUT2D eigenvalue weighted by Gasteiger charge is -2.16. The van der Waals surface area contributed by atoms with E-state index in [9.17, 15) is 25.1 Å². The van der Waals surface area contributed by atoms with Gasteiger partial charge in [-0.15, -0.1) is 0 Å². The van der Waals surface area contributed by atoms with Gasteiger partial charge in [-0.3, -0.25) is 14.9 Å². The zero-order valence-electron chi connectivity index (χ0n) is 9.89. The molecule has 1 rings (SSSR count). The molecule has 9 nitrogen and oxygen atoms in total. The second kappa shape index (κ2) is 6.07. The van der Waals surface area contributed by atoms with Crippen molar-refractivity contribution in [1.29, 1.82) is 0 Å². The van der Waals surface area contributed by atoms with Crippen molar-refractivity contribution >= 4 is 11.7 Å². The summed E-state index contributed by atoms with van der Waals surface area (Å²) in [4.78, 5) is 24.0. The third-order valence-corrected chi connectivity index (χ3v) is 2.33. The number of methoxy groups -OCH3 is 1. The number of pyridine rings is 1. The van der Waals surface area contributed by atoms with Gasteiger partial charge in [0.25, 0.3) is 5.88 Å². The number of aliphatic hydroxyl groups excluding tert-OH is 2. The predicted molar refractivity (Wildman–Crippen MR) is 60.7 cm³/mol. The number of carboxylic acids is 1. The summed E-state index contributed by atoms with van der Waals surface area (Å²) in [6.07, 6.45) is -2.80. The highest BCUT2D eigenvalue weighted by atomic mass is 16.6. The van der Waals surface area contributed by atoms with E-state index in [0.717, 1.165) is 12.3 Å². The van der Waals surface area contributed by atoms with Crippen LogP contribution in [0.3, 0.4) is 0 Å². The minimum atomic E-state index is -1.59. The van der Waals surface area contributed by atoms with Crippen LogP contribution in [0, 0.1) is 10.1 Å². The normalized spacial score (nSPS) is 13.6. The first-order valence-corrected chi connectivity index (χ1v) is 5.13. The molecule has 1 aromatic heterocycles. The van der Waals surface area contributed by atoms with Gasteiger partial charge in [0.15, 0.2) is 0 Å². The highest BCUT2D eigenvalue weighted by Crippen LogP contribution is 2.28. The van der Waals surface area contributed by atoms with Gasteiger partial charge >= 0.3 is 11.7 Å². The van der Waals surface area contributed by atoms with E-state index in [4.69, 9.17) is 5.11 Å². The molecular formula is C10H12N2O7. The molecule has 0 aliphatic carbocycles. The van der Waals surface area contributed by atoms with E-state index in [1.165, 1.54) is 7.11 Å². The molecule has 104 valence electrons. The van der Waals surface area contributed by atoms with Gasteiger partial charge in [-0.25, -0.2) is 4.98 Å². The summed E-state index contributed by atoms with van der Waals surface area (Å²) in [5.41, 5.74) is -0.553. The highest BCUT2D eigenvalue weighted by molar-refractivity contribution is 5.67. The molecule has 0 saturated heterocycles. The molecule has 1 heterocycles. The molecule has 9 heteroatoms. The number of hydrogen-bond donors (Lipinski definition) is 3. The van der Waals surface area contributed by atoms with Crippen molar-refractivity contribution in [3.05, 3.63) is 27.9 Å². The molecule has 2 unspecified atom stereocenters. The van der Waals surface area contributed by atoms with E-state index >= 15 is 0 Å². The molecule has 0 amide bonds. The lowest BCUT2D eigenvalue weighted by molar-refractivity contribution is -0.386. The number of nitrogens with zero attached hydrogens (tertiary/aromatic N) is 2. The first-order chi connectivity index (χ1) is 8.86. The van der Waals surface area contributed by atoms with Crippen LogP contribution in [0.2, 0.25) is 0 Å². The van der Waals surface area contributed by atoms with E-state index in [0.29, 0.717) is 0 Å². The predicted octanol–water partition coefficient (Wildman–Crippen LogP) is -0.133. The van der Waals surface area contributed by atoms with Gasteiger partial charge in [0.05, 0.1) is 24.6 Å². The maximum Gasteiger partial charge on any atom is 0.331 e. The van der Waals surface area contributed by atoms with E-state index in [-0.39, 0.29) is 11.4 Å². The van der Waals surface area contributed by atoms with Crippen LogP contribution in [0.25, 0.3) is 0 Å². The second-order valence-corrected chi connectivity index (χ2v) is 3.66. The maximum atomic E-state index is 10.8. The first kappa shape index (κ1) is 14.8. The zero-order chi connectivity index (χ0) is 14.6. The largest absolute Gasteiger partial charge is 0.481 e. The Morgan fingerprint density at radius 2 is 2.21 bits per heavy atom. The minimum Gasteiger partial charge on any atom is -0.481 e. The number of aliphatic carboxylic acids is 1. The molecular weight excluding hydrogens is 260 g/mol. The molecule has 0 aliphatic rings. The Hall–Kier alpha value is -2.26. The summed E-state index contributed by atoms with van der Waals surface area (Å²) in [7, 11) is 1.20. The summed E-state index contributed by atoms with van der Waals surface area (Å²) in [5, 5.41) is 38.4. The SMILES string of the molecule is COc1ncc(C(O)C(O)CC(=O)O)cc1[N+](=O)[O-]. The van der Waals surface area contributed by atoms with Crippen LogP contribution in [-0.2, 0) is 4.79 Å². The zero-order valence-corrected chi connectivity index (χ0v) is 9.89. The van der Waals surface area contributed by atoms with Gasteiger partial charge in [0.2, 0.25) is 0 Å². The number of carbonyl (C=O) groups is 1. The van der Waals surface area contributed by atoms with Gasteiger partial charge < -0.3 is 20.1 Å². The van der Waals surface area contributed by atoms with Crippen LogP contribution in [-0.4, -0.2) is 44.4 Å². The molecule has 3 N–H and O–H groups in total. The fourth-order valence-corrected chi connectivity index (χ4v) is 1.42. The number of nitro groups is 1. The minimum absolute atomic E-state index is 0.0683. The standard InChI is InChI=1S/C10H12N2O7/c1-19-10-6(12(17)18)2-5(4-11-10)9(16)7(13)3-8(14)15/h2,4,7,9,13,16H,3H2,1H3,(H,14,15). The van der Waals surface area contributed by atoms with E-state index in [1.807, 2.05) is 0 Å². The lowest BCUT2D eigenvalue weighted by atomic mass is 10.0. The lowest BCUT2D eigenvalue weighted by Crippen LogP contribution is -2.22. The van der Waals surface area contributed by atoms with E-state index in [1.54, 1.807) is 0 Å². The Kier molecular flexibility index (Phi) is 4.73. The molecule has 19 heavy (non-hydrogen) atoms. The topological polar surface area (TPSA) is 143 Å². The summed E-state index contributed by atoms with van der Waals surface area (Å²) in [6, 6.07) is 0.974. The van der Waals surface area contributed by atoms with Gasteiger partial charge in [0.1, 0.15) is 6.10 Å².